The normalized spacial score (nSPS) is 19.7. The van der Waals surface area contributed by atoms with Crippen molar-refractivity contribution in [2.75, 3.05) is 13.7 Å². The number of hydrogen-bond donors (Lipinski definition) is 0. The lowest BCUT2D eigenvalue weighted by atomic mass is 10.1. The molecule has 0 N–H and O–H groups in total. The van der Waals surface area contributed by atoms with Crippen LogP contribution in [0.5, 0.6) is 0 Å². The van der Waals surface area contributed by atoms with Crippen molar-refractivity contribution in [2.24, 2.45) is 0 Å². The lowest BCUT2D eigenvalue weighted by Crippen LogP contribution is -2.45. The van der Waals surface area contributed by atoms with Gasteiger partial charge < -0.3 is 14.4 Å². The maximum absolute atomic E-state index is 4.13. The zero-order valence-electron chi connectivity index (χ0n) is 9.59. The van der Waals surface area contributed by atoms with Crippen LogP contribution in [0.1, 0.15) is 20.3 Å². The molecule has 15 heavy (non-hydrogen) atoms. The predicted octanol–water partition coefficient (Wildman–Crippen LogP) is 1.64. The summed E-state index contributed by atoms with van der Waals surface area (Å²) >= 11 is 0. The van der Waals surface area contributed by atoms with E-state index < -0.39 is 0 Å². The van der Waals surface area contributed by atoms with Gasteiger partial charge in [-0.05, 0) is 13.3 Å². The fourth-order valence-corrected chi connectivity index (χ4v) is 1.92. The van der Waals surface area contributed by atoms with Gasteiger partial charge in [0.2, 0.25) is 0 Å². The molecule has 4 heteroatoms. The van der Waals surface area contributed by atoms with Gasteiger partial charge in [-0.3, -0.25) is 0 Å². The summed E-state index contributed by atoms with van der Waals surface area (Å²) in [6, 6.07) is 0. The highest BCUT2D eigenvalue weighted by molar-refractivity contribution is 4.98. The summed E-state index contributed by atoms with van der Waals surface area (Å²) in [5, 5.41) is 0. The van der Waals surface area contributed by atoms with Crippen molar-refractivity contribution < 1.29 is 0 Å². The summed E-state index contributed by atoms with van der Waals surface area (Å²) in [5.41, 5.74) is -0.0161. The minimum absolute atomic E-state index is 0.0161. The molecule has 4 nitrogen and oxygen atoms in total. The Balaban J connectivity index is 2.26. The van der Waals surface area contributed by atoms with Gasteiger partial charge in [0, 0.05) is 31.8 Å². The van der Waals surface area contributed by atoms with Crippen molar-refractivity contribution in [3.05, 3.63) is 31.1 Å². The quantitative estimate of drug-likeness (QED) is 0.751. The first-order chi connectivity index (χ1) is 7.16. The molecule has 1 unspecified atom stereocenters. The largest absolute Gasteiger partial charge is 0.362 e. The van der Waals surface area contributed by atoms with E-state index in [1.807, 2.05) is 18.7 Å². The van der Waals surface area contributed by atoms with E-state index in [0.29, 0.717) is 0 Å². The van der Waals surface area contributed by atoms with Crippen LogP contribution in [0.25, 0.3) is 0 Å². The molecule has 0 bridgehead atoms. The minimum atomic E-state index is -0.0161. The number of nitrogens with zero attached hydrogens (tertiary/aromatic N) is 4. The Kier molecular flexibility index (Phi) is 2.42. The zero-order chi connectivity index (χ0) is 10.9. The highest BCUT2D eigenvalue weighted by atomic mass is 15.4. The van der Waals surface area contributed by atoms with Crippen molar-refractivity contribution in [1.82, 2.24) is 19.4 Å². The standard InChI is InChI=1S/C11H18N4/c1-4-11(2,14-6-5-12-9-14)15-8-7-13(3)10-15/h5-9H,4,10H2,1-3H3. The lowest BCUT2D eigenvalue weighted by molar-refractivity contribution is 0.0627. The molecule has 2 heterocycles. The third-order valence-electron chi connectivity index (χ3n) is 3.23. The minimum Gasteiger partial charge on any atom is -0.362 e. The lowest BCUT2D eigenvalue weighted by Gasteiger charge is -2.39. The van der Waals surface area contributed by atoms with Crippen LogP contribution < -0.4 is 0 Å². The second-order valence-electron chi connectivity index (χ2n) is 4.21. The number of rotatable bonds is 3. The smallest absolute Gasteiger partial charge is 0.116 e. The van der Waals surface area contributed by atoms with E-state index in [1.165, 1.54) is 0 Å². The van der Waals surface area contributed by atoms with Crippen molar-refractivity contribution in [1.29, 1.82) is 0 Å². The summed E-state index contributed by atoms with van der Waals surface area (Å²) in [4.78, 5) is 8.62. The molecule has 0 spiro atoms. The van der Waals surface area contributed by atoms with Gasteiger partial charge in [-0.2, -0.15) is 0 Å². The van der Waals surface area contributed by atoms with E-state index in [0.717, 1.165) is 13.1 Å². The summed E-state index contributed by atoms with van der Waals surface area (Å²) < 4.78 is 2.16. The molecule has 0 saturated carbocycles. The summed E-state index contributed by atoms with van der Waals surface area (Å²) in [6.07, 6.45) is 11.0. The molecule has 1 atom stereocenters. The van der Waals surface area contributed by atoms with Crippen LogP contribution in [-0.4, -0.2) is 33.1 Å². The van der Waals surface area contributed by atoms with Gasteiger partial charge in [-0.1, -0.05) is 6.92 Å². The summed E-state index contributed by atoms with van der Waals surface area (Å²) in [5.74, 6) is 0. The van der Waals surface area contributed by atoms with Gasteiger partial charge in [0.25, 0.3) is 0 Å². The molecule has 0 saturated heterocycles. The van der Waals surface area contributed by atoms with Gasteiger partial charge in [0.05, 0.1) is 13.0 Å². The zero-order valence-corrected chi connectivity index (χ0v) is 9.59. The highest BCUT2D eigenvalue weighted by Crippen LogP contribution is 2.27. The van der Waals surface area contributed by atoms with Crippen LogP contribution >= 0.6 is 0 Å². The van der Waals surface area contributed by atoms with E-state index in [2.05, 4.69) is 52.6 Å². The second-order valence-corrected chi connectivity index (χ2v) is 4.21. The van der Waals surface area contributed by atoms with E-state index in [-0.39, 0.29) is 5.66 Å². The molecule has 0 aliphatic carbocycles. The molecule has 1 aliphatic rings. The average Bonchev–Trinajstić information content (AvgIpc) is 2.87. The topological polar surface area (TPSA) is 24.3 Å². The van der Waals surface area contributed by atoms with Gasteiger partial charge in [-0.25, -0.2) is 4.98 Å². The molecule has 0 fully saturated rings. The van der Waals surface area contributed by atoms with Crippen molar-refractivity contribution in [3.63, 3.8) is 0 Å². The van der Waals surface area contributed by atoms with E-state index >= 15 is 0 Å². The molecular weight excluding hydrogens is 188 g/mol. The van der Waals surface area contributed by atoms with E-state index in [1.54, 1.807) is 0 Å². The average molecular weight is 206 g/mol. The van der Waals surface area contributed by atoms with Crippen LogP contribution in [-0.2, 0) is 5.66 Å². The Labute approximate surface area is 90.8 Å². The number of imidazole rings is 1. The van der Waals surface area contributed by atoms with E-state index in [9.17, 15) is 0 Å². The van der Waals surface area contributed by atoms with E-state index in [4.69, 9.17) is 0 Å². The first-order valence-corrected chi connectivity index (χ1v) is 5.30. The fourth-order valence-electron chi connectivity index (χ4n) is 1.92. The van der Waals surface area contributed by atoms with Gasteiger partial charge >= 0.3 is 0 Å². The SMILES string of the molecule is CCC(C)(N1C=CN(C)C1)n1ccnc1. The Morgan fingerprint density at radius 2 is 2.20 bits per heavy atom. The molecule has 0 aromatic carbocycles. The predicted molar refractivity (Wildman–Crippen MR) is 59.8 cm³/mol. The number of aromatic nitrogens is 2. The third-order valence-corrected chi connectivity index (χ3v) is 3.23. The Morgan fingerprint density at radius 3 is 2.67 bits per heavy atom. The van der Waals surface area contributed by atoms with Crippen LogP contribution in [0.2, 0.25) is 0 Å². The summed E-state index contributed by atoms with van der Waals surface area (Å²) in [6.45, 7) is 5.37. The first kappa shape index (κ1) is 10.1. The maximum atomic E-state index is 4.13. The van der Waals surface area contributed by atoms with Gasteiger partial charge in [0.15, 0.2) is 0 Å². The van der Waals surface area contributed by atoms with Crippen LogP contribution in [0.3, 0.4) is 0 Å². The van der Waals surface area contributed by atoms with Crippen LogP contribution in [0.15, 0.2) is 31.1 Å². The third kappa shape index (κ3) is 1.60. The Morgan fingerprint density at radius 1 is 1.40 bits per heavy atom. The summed E-state index contributed by atoms with van der Waals surface area (Å²) in [7, 11) is 2.08. The fraction of sp³-hybridized carbons (Fsp3) is 0.545. The Hall–Kier alpha value is -1.45. The Bertz CT molecular complexity index is 343. The molecule has 1 aliphatic heterocycles. The van der Waals surface area contributed by atoms with Crippen LogP contribution in [0.4, 0.5) is 0 Å². The van der Waals surface area contributed by atoms with Gasteiger partial charge in [0.1, 0.15) is 5.66 Å². The van der Waals surface area contributed by atoms with Crippen LogP contribution in [0, 0.1) is 0 Å². The van der Waals surface area contributed by atoms with Crippen molar-refractivity contribution in [3.8, 4) is 0 Å². The molecule has 0 amide bonds. The second kappa shape index (κ2) is 3.61. The van der Waals surface area contributed by atoms with Gasteiger partial charge in [-0.15, -0.1) is 0 Å². The monoisotopic (exact) mass is 206 g/mol. The molecule has 82 valence electrons. The molecule has 1 aromatic rings. The molecular formula is C11H18N4. The number of hydrogen-bond acceptors (Lipinski definition) is 3. The molecule has 0 radical (unpaired) electrons. The molecule has 2 rings (SSSR count). The van der Waals surface area contributed by atoms with Crippen molar-refractivity contribution >= 4 is 0 Å². The maximum Gasteiger partial charge on any atom is 0.116 e. The molecule has 1 aromatic heterocycles. The highest BCUT2D eigenvalue weighted by Gasteiger charge is 2.31. The first-order valence-electron chi connectivity index (χ1n) is 5.30. The van der Waals surface area contributed by atoms with Crippen molar-refractivity contribution in [2.45, 2.75) is 25.9 Å².